The molecule has 0 fully saturated rings. The summed E-state index contributed by atoms with van der Waals surface area (Å²) < 4.78 is 1.73. The lowest BCUT2D eigenvalue weighted by molar-refractivity contribution is 0.280. The first-order valence-electron chi connectivity index (χ1n) is 3.27. The maximum absolute atomic E-state index is 8.75. The monoisotopic (exact) mass is 151 g/mol. The number of imidazole rings is 1. The van der Waals surface area contributed by atoms with E-state index in [1.54, 1.807) is 24.0 Å². The van der Waals surface area contributed by atoms with Crippen LogP contribution in [0.4, 0.5) is 0 Å². The van der Waals surface area contributed by atoms with Gasteiger partial charge in [-0.2, -0.15) is 5.26 Å². The molecular weight excluding hydrogens is 142 g/mol. The number of nitriles is 1. The van der Waals surface area contributed by atoms with Gasteiger partial charge in [-0.3, -0.25) is 0 Å². The van der Waals surface area contributed by atoms with E-state index in [4.69, 9.17) is 10.4 Å². The number of rotatable bonds is 2. The molecule has 1 heterocycles. The topological polar surface area (TPSA) is 61.8 Å². The van der Waals surface area contributed by atoms with Gasteiger partial charge in [0.2, 0.25) is 0 Å². The van der Waals surface area contributed by atoms with E-state index in [2.05, 4.69) is 4.98 Å². The first-order chi connectivity index (χ1) is 5.29. The van der Waals surface area contributed by atoms with E-state index in [-0.39, 0.29) is 6.61 Å². The Balaban J connectivity index is 2.92. The lowest BCUT2D eigenvalue weighted by Gasteiger charge is -2.03. The van der Waals surface area contributed by atoms with Crippen LogP contribution in [0.15, 0.2) is 12.4 Å². The molecule has 1 atom stereocenters. The van der Waals surface area contributed by atoms with Crippen LogP contribution >= 0.6 is 0 Å². The van der Waals surface area contributed by atoms with Crippen molar-refractivity contribution in [1.29, 1.82) is 5.26 Å². The van der Waals surface area contributed by atoms with Crippen LogP contribution in [0.3, 0.4) is 0 Å². The highest BCUT2D eigenvalue weighted by molar-refractivity contribution is 5.09. The highest BCUT2D eigenvalue weighted by Gasteiger charge is 2.12. The standard InChI is InChI=1S/C7H9N3O/c1-10-3-2-9-7(10)6(4-8)5-11/h2-3,6,11H,5H2,1H3. The molecule has 0 bridgehead atoms. The highest BCUT2D eigenvalue weighted by Crippen LogP contribution is 2.09. The molecule has 0 saturated heterocycles. The van der Waals surface area contributed by atoms with Crippen LogP contribution in [0.1, 0.15) is 11.7 Å². The Kier molecular flexibility index (Phi) is 2.24. The normalized spacial score (nSPS) is 12.5. The van der Waals surface area contributed by atoms with E-state index >= 15 is 0 Å². The summed E-state index contributed by atoms with van der Waals surface area (Å²) in [5.41, 5.74) is 0. The zero-order valence-electron chi connectivity index (χ0n) is 6.23. The largest absolute Gasteiger partial charge is 0.395 e. The van der Waals surface area contributed by atoms with Crippen molar-refractivity contribution in [2.45, 2.75) is 5.92 Å². The number of hydrogen-bond donors (Lipinski definition) is 1. The van der Waals surface area contributed by atoms with E-state index in [0.717, 1.165) is 0 Å². The minimum absolute atomic E-state index is 0.179. The lowest BCUT2D eigenvalue weighted by Crippen LogP contribution is -2.07. The molecule has 0 aromatic carbocycles. The molecule has 1 unspecified atom stereocenters. The number of aromatic nitrogens is 2. The molecule has 0 aliphatic rings. The number of nitrogens with zero attached hydrogens (tertiary/aromatic N) is 3. The van der Waals surface area contributed by atoms with Crippen LogP contribution in [0, 0.1) is 11.3 Å². The van der Waals surface area contributed by atoms with Crippen molar-refractivity contribution >= 4 is 0 Å². The van der Waals surface area contributed by atoms with Gasteiger partial charge in [-0.1, -0.05) is 0 Å². The second kappa shape index (κ2) is 3.17. The SMILES string of the molecule is Cn1ccnc1C(C#N)CO. The summed E-state index contributed by atoms with van der Waals surface area (Å²) in [6.07, 6.45) is 3.35. The number of aryl methyl sites for hydroxylation is 1. The van der Waals surface area contributed by atoms with Gasteiger partial charge in [-0.25, -0.2) is 4.98 Å². The van der Waals surface area contributed by atoms with Gasteiger partial charge in [0.15, 0.2) is 0 Å². The Labute approximate surface area is 64.7 Å². The summed E-state index contributed by atoms with van der Waals surface area (Å²) in [5, 5.41) is 17.3. The quantitative estimate of drug-likeness (QED) is 0.648. The van der Waals surface area contributed by atoms with Crippen LogP contribution in [0.5, 0.6) is 0 Å². The van der Waals surface area contributed by atoms with Gasteiger partial charge in [0.25, 0.3) is 0 Å². The Bertz CT molecular complexity index is 273. The molecule has 4 nitrogen and oxygen atoms in total. The molecule has 1 rings (SSSR count). The Morgan fingerprint density at radius 1 is 1.91 bits per heavy atom. The van der Waals surface area contributed by atoms with Crippen molar-refractivity contribution in [3.63, 3.8) is 0 Å². The molecule has 0 aliphatic heterocycles. The van der Waals surface area contributed by atoms with Gasteiger partial charge < -0.3 is 9.67 Å². The van der Waals surface area contributed by atoms with Crippen LogP contribution in [0.2, 0.25) is 0 Å². The highest BCUT2D eigenvalue weighted by atomic mass is 16.3. The van der Waals surface area contributed by atoms with Crippen LogP contribution in [0.25, 0.3) is 0 Å². The molecule has 1 N–H and O–H groups in total. The summed E-state index contributed by atoms with van der Waals surface area (Å²) in [7, 11) is 1.79. The van der Waals surface area contributed by atoms with Crippen LogP contribution in [-0.2, 0) is 7.05 Å². The smallest absolute Gasteiger partial charge is 0.128 e. The van der Waals surface area contributed by atoms with Gasteiger partial charge in [-0.05, 0) is 0 Å². The number of aliphatic hydroxyl groups is 1. The van der Waals surface area contributed by atoms with Crippen molar-refractivity contribution in [2.75, 3.05) is 6.61 Å². The molecule has 0 radical (unpaired) electrons. The van der Waals surface area contributed by atoms with E-state index in [1.165, 1.54) is 0 Å². The Morgan fingerprint density at radius 2 is 2.64 bits per heavy atom. The minimum Gasteiger partial charge on any atom is -0.395 e. The van der Waals surface area contributed by atoms with Crippen LogP contribution in [-0.4, -0.2) is 21.3 Å². The van der Waals surface area contributed by atoms with E-state index < -0.39 is 5.92 Å². The zero-order valence-corrected chi connectivity index (χ0v) is 6.23. The molecule has 58 valence electrons. The minimum atomic E-state index is -0.505. The maximum atomic E-state index is 8.75. The molecule has 0 spiro atoms. The fourth-order valence-corrected chi connectivity index (χ4v) is 0.893. The van der Waals surface area contributed by atoms with Gasteiger partial charge in [-0.15, -0.1) is 0 Å². The predicted octanol–water partition coefficient (Wildman–Crippen LogP) is 0.0196. The van der Waals surface area contributed by atoms with Gasteiger partial charge >= 0.3 is 0 Å². The summed E-state index contributed by atoms with van der Waals surface area (Å²) >= 11 is 0. The van der Waals surface area contributed by atoms with E-state index in [1.807, 2.05) is 6.07 Å². The third-order valence-electron chi connectivity index (χ3n) is 1.51. The summed E-state index contributed by atoms with van der Waals surface area (Å²) in [6, 6.07) is 1.96. The third-order valence-corrected chi connectivity index (χ3v) is 1.51. The second-order valence-corrected chi connectivity index (χ2v) is 2.26. The Hall–Kier alpha value is -1.34. The molecule has 1 aromatic heterocycles. The molecule has 0 amide bonds. The van der Waals surface area contributed by atoms with Crippen molar-refractivity contribution in [3.05, 3.63) is 18.2 Å². The molecular formula is C7H9N3O. The molecule has 0 saturated carbocycles. The van der Waals surface area contributed by atoms with Gasteiger partial charge in [0, 0.05) is 19.4 Å². The fourth-order valence-electron chi connectivity index (χ4n) is 0.893. The summed E-state index contributed by atoms with van der Waals surface area (Å²) in [6.45, 7) is -0.179. The van der Waals surface area contributed by atoms with Crippen molar-refractivity contribution < 1.29 is 5.11 Å². The second-order valence-electron chi connectivity index (χ2n) is 2.26. The average Bonchev–Trinajstić information content (AvgIpc) is 2.40. The van der Waals surface area contributed by atoms with Crippen molar-refractivity contribution in [2.24, 2.45) is 7.05 Å². The molecule has 11 heavy (non-hydrogen) atoms. The van der Waals surface area contributed by atoms with Crippen molar-refractivity contribution in [1.82, 2.24) is 9.55 Å². The molecule has 0 aliphatic carbocycles. The van der Waals surface area contributed by atoms with Gasteiger partial charge in [0.05, 0.1) is 12.7 Å². The number of hydrogen-bond acceptors (Lipinski definition) is 3. The average molecular weight is 151 g/mol. The first kappa shape index (κ1) is 7.76. The predicted molar refractivity (Wildman–Crippen MR) is 38.6 cm³/mol. The first-order valence-corrected chi connectivity index (χ1v) is 3.27. The van der Waals surface area contributed by atoms with Gasteiger partial charge in [0.1, 0.15) is 11.7 Å². The van der Waals surface area contributed by atoms with E-state index in [9.17, 15) is 0 Å². The summed E-state index contributed by atoms with van der Waals surface area (Å²) in [4.78, 5) is 3.94. The number of aliphatic hydroxyl groups excluding tert-OH is 1. The molecule has 4 heteroatoms. The van der Waals surface area contributed by atoms with Crippen molar-refractivity contribution in [3.8, 4) is 6.07 Å². The van der Waals surface area contributed by atoms with E-state index in [0.29, 0.717) is 5.82 Å². The maximum Gasteiger partial charge on any atom is 0.128 e. The van der Waals surface area contributed by atoms with Crippen LogP contribution < -0.4 is 0 Å². The fraction of sp³-hybridized carbons (Fsp3) is 0.429. The Morgan fingerprint density at radius 3 is 3.00 bits per heavy atom. The zero-order chi connectivity index (χ0) is 8.27. The lowest BCUT2D eigenvalue weighted by atomic mass is 10.2. The summed E-state index contributed by atoms with van der Waals surface area (Å²) in [5.74, 6) is 0.102. The molecule has 1 aromatic rings. The third kappa shape index (κ3) is 1.38.